The zero-order chi connectivity index (χ0) is 21.5. The number of rotatable bonds is 5. The number of aliphatic hydroxyl groups is 1. The zero-order valence-electron chi connectivity index (χ0n) is 16.8. The van der Waals surface area contributed by atoms with Gasteiger partial charge in [0, 0.05) is 23.9 Å². The van der Waals surface area contributed by atoms with Crippen molar-refractivity contribution < 1.29 is 18.0 Å². The van der Waals surface area contributed by atoms with Crippen LogP contribution in [0.1, 0.15) is 30.5 Å². The lowest BCUT2D eigenvalue weighted by molar-refractivity contribution is 0.159. The lowest BCUT2D eigenvalue weighted by atomic mass is 10.00. The van der Waals surface area contributed by atoms with Crippen molar-refractivity contribution >= 4 is 15.8 Å². The van der Waals surface area contributed by atoms with E-state index < -0.39 is 22.2 Å². The molecule has 2 atom stereocenters. The monoisotopic (exact) mass is 428 g/mol. The summed E-state index contributed by atoms with van der Waals surface area (Å²) >= 11 is 0. The fourth-order valence-electron chi connectivity index (χ4n) is 3.74. The molecule has 2 aromatic heterocycles. The van der Waals surface area contributed by atoms with E-state index in [9.17, 15) is 13.5 Å². The zero-order valence-corrected chi connectivity index (χ0v) is 17.6. The standard InChI is InChI=1S/C21H24N4O4S/c1-12-6-7-15(30(27,28)25-18-4-3-5-19(18)26)10-16(12)14-9-17(21(22)23-11-14)20-8-13(2)24-29-20/h6-11,18-19,25-26H,3-5H2,1-2H3,(H2,22,23)/t18?,19-/m0/s1. The number of aromatic nitrogens is 2. The molecule has 9 heteroatoms. The van der Waals surface area contributed by atoms with Crippen molar-refractivity contribution in [2.24, 2.45) is 0 Å². The molecule has 1 unspecified atom stereocenters. The summed E-state index contributed by atoms with van der Waals surface area (Å²) < 4.78 is 33.7. The van der Waals surface area contributed by atoms with Crippen molar-refractivity contribution in [3.8, 4) is 22.5 Å². The maximum absolute atomic E-state index is 12.9. The largest absolute Gasteiger partial charge is 0.391 e. The molecule has 1 aliphatic carbocycles. The number of pyridine rings is 1. The van der Waals surface area contributed by atoms with Crippen LogP contribution in [0.5, 0.6) is 0 Å². The van der Waals surface area contributed by atoms with Gasteiger partial charge < -0.3 is 15.4 Å². The number of nitrogen functional groups attached to an aromatic ring is 1. The molecule has 0 amide bonds. The van der Waals surface area contributed by atoms with Crippen molar-refractivity contribution in [1.82, 2.24) is 14.9 Å². The van der Waals surface area contributed by atoms with Crippen LogP contribution >= 0.6 is 0 Å². The van der Waals surface area contributed by atoms with Gasteiger partial charge in [0.15, 0.2) is 5.76 Å². The second kappa shape index (κ2) is 7.82. The highest BCUT2D eigenvalue weighted by molar-refractivity contribution is 7.89. The minimum atomic E-state index is -3.77. The third-order valence-electron chi connectivity index (χ3n) is 5.43. The topological polar surface area (TPSA) is 131 Å². The first-order valence-electron chi connectivity index (χ1n) is 9.75. The molecule has 0 spiro atoms. The first-order chi connectivity index (χ1) is 14.2. The summed E-state index contributed by atoms with van der Waals surface area (Å²) in [5.74, 6) is 0.797. The van der Waals surface area contributed by atoms with Crippen LogP contribution in [-0.4, -0.2) is 35.8 Å². The molecule has 1 aliphatic rings. The second-order valence-electron chi connectivity index (χ2n) is 7.69. The number of anilines is 1. The van der Waals surface area contributed by atoms with E-state index in [4.69, 9.17) is 10.3 Å². The third-order valence-corrected chi connectivity index (χ3v) is 6.92. The molecule has 30 heavy (non-hydrogen) atoms. The quantitative estimate of drug-likeness (QED) is 0.569. The number of nitrogens with zero attached hydrogens (tertiary/aromatic N) is 2. The summed E-state index contributed by atoms with van der Waals surface area (Å²) in [6.07, 6.45) is 2.98. The van der Waals surface area contributed by atoms with E-state index in [1.165, 1.54) is 0 Å². The SMILES string of the molecule is Cc1cc(-c2cc(-c3cc(S(=O)(=O)NC4CCC[C@@H]4O)ccc3C)cnc2N)on1. The maximum atomic E-state index is 12.9. The second-order valence-corrected chi connectivity index (χ2v) is 9.41. The third kappa shape index (κ3) is 3.96. The summed E-state index contributed by atoms with van der Waals surface area (Å²) in [6.45, 7) is 3.71. The van der Waals surface area contributed by atoms with Crippen LogP contribution in [0.15, 0.2) is 45.9 Å². The van der Waals surface area contributed by atoms with E-state index in [0.717, 1.165) is 23.2 Å². The number of sulfonamides is 1. The number of hydrogen-bond donors (Lipinski definition) is 3. The Labute approximate surface area is 175 Å². The normalized spacial score (nSPS) is 19.3. The number of aliphatic hydroxyl groups excluding tert-OH is 1. The molecule has 2 heterocycles. The van der Waals surface area contributed by atoms with E-state index >= 15 is 0 Å². The Hall–Kier alpha value is -2.75. The Kier molecular flexibility index (Phi) is 5.35. The minimum Gasteiger partial charge on any atom is -0.391 e. The summed E-state index contributed by atoms with van der Waals surface area (Å²) in [5, 5.41) is 13.9. The van der Waals surface area contributed by atoms with Gasteiger partial charge in [-0.1, -0.05) is 11.2 Å². The maximum Gasteiger partial charge on any atom is 0.240 e. The summed E-state index contributed by atoms with van der Waals surface area (Å²) in [7, 11) is -3.77. The highest BCUT2D eigenvalue weighted by atomic mass is 32.2. The number of benzene rings is 1. The molecule has 0 bridgehead atoms. The molecule has 4 N–H and O–H groups in total. The van der Waals surface area contributed by atoms with Gasteiger partial charge in [-0.05, 0) is 62.4 Å². The van der Waals surface area contributed by atoms with E-state index in [-0.39, 0.29) is 4.90 Å². The van der Waals surface area contributed by atoms with Crippen molar-refractivity contribution in [2.45, 2.75) is 50.2 Å². The Morgan fingerprint density at radius 3 is 2.63 bits per heavy atom. The van der Waals surface area contributed by atoms with Gasteiger partial charge in [-0.3, -0.25) is 0 Å². The summed E-state index contributed by atoms with van der Waals surface area (Å²) in [5.41, 5.74) is 9.65. The van der Waals surface area contributed by atoms with Gasteiger partial charge in [-0.25, -0.2) is 18.1 Å². The number of hydrogen-bond acceptors (Lipinski definition) is 7. The predicted octanol–water partition coefficient (Wildman–Crippen LogP) is 2.79. The number of aryl methyl sites for hydroxylation is 2. The van der Waals surface area contributed by atoms with E-state index in [1.807, 2.05) is 19.9 Å². The van der Waals surface area contributed by atoms with E-state index in [0.29, 0.717) is 35.5 Å². The van der Waals surface area contributed by atoms with Crippen LogP contribution in [0, 0.1) is 13.8 Å². The first-order valence-corrected chi connectivity index (χ1v) is 11.2. The average Bonchev–Trinajstić information content (AvgIpc) is 3.30. The Morgan fingerprint density at radius 2 is 1.97 bits per heavy atom. The number of nitrogens with two attached hydrogens (primary N) is 1. The molecule has 158 valence electrons. The first kappa shape index (κ1) is 20.5. The van der Waals surface area contributed by atoms with Gasteiger partial charge in [-0.15, -0.1) is 0 Å². The van der Waals surface area contributed by atoms with Gasteiger partial charge in [0.2, 0.25) is 10.0 Å². The molecule has 8 nitrogen and oxygen atoms in total. The summed E-state index contributed by atoms with van der Waals surface area (Å²) in [4.78, 5) is 4.39. The van der Waals surface area contributed by atoms with Gasteiger partial charge in [0.05, 0.1) is 22.3 Å². The van der Waals surface area contributed by atoms with Gasteiger partial charge >= 0.3 is 0 Å². The van der Waals surface area contributed by atoms with Gasteiger partial charge in [0.25, 0.3) is 0 Å². The molecule has 1 saturated carbocycles. The molecular formula is C21H24N4O4S. The Balaban J connectivity index is 1.72. The molecule has 0 saturated heterocycles. The number of nitrogens with one attached hydrogen (secondary N) is 1. The van der Waals surface area contributed by atoms with Crippen LogP contribution in [0.4, 0.5) is 5.82 Å². The lowest BCUT2D eigenvalue weighted by Gasteiger charge is -2.17. The van der Waals surface area contributed by atoms with Crippen LogP contribution in [0.2, 0.25) is 0 Å². The fourth-order valence-corrected chi connectivity index (χ4v) is 5.06. The van der Waals surface area contributed by atoms with E-state index in [2.05, 4.69) is 14.9 Å². The molecule has 0 aliphatic heterocycles. The molecular weight excluding hydrogens is 404 g/mol. The smallest absolute Gasteiger partial charge is 0.240 e. The van der Waals surface area contributed by atoms with Crippen molar-refractivity contribution in [1.29, 1.82) is 0 Å². The highest BCUT2D eigenvalue weighted by Gasteiger charge is 2.30. The van der Waals surface area contributed by atoms with Crippen molar-refractivity contribution in [2.75, 3.05) is 5.73 Å². The van der Waals surface area contributed by atoms with Gasteiger partial charge in [0.1, 0.15) is 5.82 Å². The average molecular weight is 429 g/mol. The van der Waals surface area contributed by atoms with Crippen LogP contribution in [0.25, 0.3) is 22.5 Å². The molecule has 1 fully saturated rings. The van der Waals surface area contributed by atoms with Crippen LogP contribution in [0.3, 0.4) is 0 Å². The van der Waals surface area contributed by atoms with Crippen molar-refractivity contribution in [3.05, 3.63) is 47.8 Å². The van der Waals surface area contributed by atoms with Gasteiger partial charge in [-0.2, -0.15) is 0 Å². The Morgan fingerprint density at radius 1 is 1.17 bits per heavy atom. The Bertz CT molecular complexity index is 1190. The molecule has 1 aromatic carbocycles. The highest BCUT2D eigenvalue weighted by Crippen LogP contribution is 2.32. The summed E-state index contributed by atoms with van der Waals surface area (Å²) in [6, 6.07) is 8.05. The van der Waals surface area contributed by atoms with E-state index in [1.54, 1.807) is 30.5 Å². The predicted molar refractivity (Wildman–Crippen MR) is 113 cm³/mol. The minimum absolute atomic E-state index is 0.135. The van der Waals surface area contributed by atoms with Crippen LogP contribution < -0.4 is 10.5 Å². The molecule has 0 radical (unpaired) electrons. The fraction of sp³-hybridized carbons (Fsp3) is 0.333. The van der Waals surface area contributed by atoms with Crippen LogP contribution in [-0.2, 0) is 10.0 Å². The lowest BCUT2D eigenvalue weighted by Crippen LogP contribution is -2.39. The van der Waals surface area contributed by atoms with Crippen molar-refractivity contribution in [3.63, 3.8) is 0 Å². The molecule has 3 aromatic rings. The molecule has 4 rings (SSSR count).